The van der Waals surface area contributed by atoms with Crippen molar-refractivity contribution in [3.8, 4) is 18.0 Å². The molecule has 2 unspecified atom stereocenters. The zero-order valence-corrected chi connectivity index (χ0v) is 25.6. The lowest BCUT2D eigenvalue weighted by Crippen LogP contribution is -2.55. The van der Waals surface area contributed by atoms with Gasteiger partial charge in [-0.25, -0.2) is 4.98 Å². The molecule has 1 aromatic heterocycles. The lowest BCUT2D eigenvalue weighted by Gasteiger charge is -2.43. The van der Waals surface area contributed by atoms with Gasteiger partial charge in [0.1, 0.15) is 17.7 Å². The maximum Gasteiger partial charge on any atom is 0.246 e. The van der Waals surface area contributed by atoms with Crippen molar-refractivity contribution in [1.82, 2.24) is 14.8 Å². The van der Waals surface area contributed by atoms with E-state index in [-0.39, 0.29) is 24.5 Å². The van der Waals surface area contributed by atoms with Gasteiger partial charge in [0.15, 0.2) is 0 Å². The number of carbonyl (C=O) groups excluding carboxylic acids is 1. The van der Waals surface area contributed by atoms with Crippen LogP contribution >= 0.6 is 0 Å². The van der Waals surface area contributed by atoms with Crippen LogP contribution in [0.2, 0.25) is 0 Å². The number of rotatable bonds is 6. The standard InChI is InChI=1S/C35H39N7O2/c1-4-32(43)42-19-18-41(21-26(42)13-15-36)34-28-14-17-40(31-12-6-10-25-9-5-8-24(2)33(25)31)23-30(28)38-35(29(34)20-37)44-27-11-7-16-39(3)22-27/h4-6,8-10,12,26-27H,1,7,11,13-14,16-19,21-23H2,2-3H3. The second-order valence-corrected chi connectivity index (χ2v) is 12.1. The number of likely N-dealkylation sites (tertiary alicyclic amines) is 1. The van der Waals surface area contributed by atoms with Crippen LogP contribution in [0.4, 0.5) is 11.4 Å². The van der Waals surface area contributed by atoms with E-state index in [0.29, 0.717) is 37.6 Å². The smallest absolute Gasteiger partial charge is 0.246 e. The summed E-state index contributed by atoms with van der Waals surface area (Å²) in [5.41, 5.74) is 5.68. The summed E-state index contributed by atoms with van der Waals surface area (Å²) in [6.07, 6.45) is 4.13. The fraction of sp³-hybridized carbons (Fsp3) is 0.429. The predicted molar refractivity (Wildman–Crippen MR) is 172 cm³/mol. The highest BCUT2D eigenvalue weighted by Crippen LogP contribution is 2.40. The molecule has 3 aromatic rings. The number of pyridine rings is 1. The first-order chi connectivity index (χ1) is 21.4. The van der Waals surface area contributed by atoms with E-state index in [4.69, 9.17) is 9.72 Å². The molecule has 1 amide bonds. The van der Waals surface area contributed by atoms with Crippen LogP contribution < -0.4 is 14.5 Å². The van der Waals surface area contributed by atoms with Gasteiger partial charge in [-0.15, -0.1) is 0 Å². The van der Waals surface area contributed by atoms with E-state index in [0.717, 1.165) is 55.8 Å². The van der Waals surface area contributed by atoms with Crippen molar-refractivity contribution < 1.29 is 9.53 Å². The second kappa shape index (κ2) is 12.6. The van der Waals surface area contributed by atoms with Gasteiger partial charge in [-0.1, -0.05) is 36.9 Å². The van der Waals surface area contributed by atoms with E-state index in [9.17, 15) is 15.3 Å². The number of fused-ring (bicyclic) bond motifs is 2. The third-order valence-corrected chi connectivity index (χ3v) is 9.28. The number of hydrogen-bond donors (Lipinski definition) is 0. The Kier molecular flexibility index (Phi) is 8.41. The van der Waals surface area contributed by atoms with Crippen LogP contribution in [0.25, 0.3) is 10.8 Å². The Hall–Kier alpha value is -4.60. The molecule has 6 rings (SSSR count). The molecule has 0 spiro atoms. The number of aromatic nitrogens is 1. The molecular weight excluding hydrogens is 550 g/mol. The number of piperidine rings is 1. The van der Waals surface area contributed by atoms with Gasteiger partial charge in [0.2, 0.25) is 11.8 Å². The van der Waals surface area contributed by atoms with Crippen molar-refractivity contribution in [3.63, 3.8) is 0 Å². The molecule has 0 N–H and O–H groups in total. The molecule has 0 saturated carbocycles. The number of nitriles is 2. The monoisotopic (exact) mass is 589 g/mol. The summed E-state index contributed by atoms with van der Waals surface area (Å²) >= 11 is 0. The minimum Gasteiger partial charge on any atom is -0.472 e. The highest BCUT2D eigenvalue weighted by Gasteiger charge is 2.35. The molecule has 226 valence electrons. The zero-order chi connectivity index (χ0) is 30.8. The number of likely N-dealkylation sites (N-methyl/N-ethyl adjacent to an activating group) is 1. The van der Waals surface area contributed by atoms with Crippen LogP contribution in [0.15, 0.2) is 49.1 Å². The van der Waals surface area contributed by atoms with Crippen molar-refractivity contribution in [1.29, 1.82) is 10.5 Å². The molecule has 0 bridgehead atoms. The molecule has 2 aromatic carbocycles. The normalized spacial score (nSPS) is 20.5. The number of hydrogen-bond acceptors (Lipinski definition) is 8. The molecule has 2 saturated heterocycles. The van der Waals surface area contributed by atoms with Crippen molar-refractivity contribution >= 4 is 28.1 Å². The number of nitrogens with zero attached hydrogens (tertiary/aromatic N) is 7. The van der Waals surface area contributed by atoms with Crippen molar-refractivity contribution in [2.24, 2.45) is 0 Å². The summed E-state index contributed by atoms with van der Waals surface area (Å²) < 4.78 is 6.58. The van der Waals surface area contributed by atoms with Gasteiger partial charge in [0.05, 0.1) is 36.5 Å². The average molecular weight is 590 g/mol. The first-order valence-corrected chi connectivity index (χ1v) is 15.5. The molecule has 0 radical (unpaired) electrons. The number of piperazine rings is 1. The maximum atomic E-state index is 12.6. The predicted octanol–water partition coefficient (Wildman–Crippen LogP) is 4.57. The molecule has 3 aliphatic heterocycles. The largest absolute Gasteiger partial charge is 0.472 e. The average Bonchev–Trinajstić information content (AvgIpc) is 3.03. The summed E-state index contributed by atoms with van der Waals surface area (Å²) in [7, 11) is 2.09. The topological polar surface area (TPSA) is 99.7 Å². The van der Waals surface area contributed by atoms with Crippen LogP contribution in [0.1, 0.15) is 41.6 Å². The Morgan fingerprint density at radius 2 is 1.93 bits per heavy atom. The molecule has 3 aliphatic rings. The molecule has 9 nitrogen and oxygen atoms in total. The van der Waals surface area contributed by atoms with Crippen LogP contribution in [-0.2, 0) is 17.8 Å². The summed E-state index contributed by atoms with van der Waals surface area (Å²) in [6.45, 7) is 10.5. The van der Waals surface area contributed by atoms with Gasteiger partial charge in [-0.05, 0) is 62.9 Å². The summed E-state index contributed by atoms with van der Waals surface area (Å²) in [6, 6.07) is 17.3. The first kappa shape index (κ1) is 29.5. The molecule has 2 atom stereocenters. The van der Waals surface area contributed by atoms with Crippen molar-refractivity contribution in [2.45, 2.75) is 51.3 Å². The first-order valence-electron chi connectivity index (χ1n) is 15.5. The van der Waals surface area contributed by atoms with Gasteiger partial charge in [0.25, 0.3) is 0 Å². The molecule has 44 heavy (non-hydrogen) atoms. The maximum absolute atomic E-state index is 12.6. The van der Waals surface area contributed by atoms with Crippen LogP contribution in [0.3, 0.4) is 0 Å². The second-order valence-electron chi connectivity index (χ2n) is 12.1. The quantitative estimate of drug-likeness (QED) is 0.386. The fourth-order valence-electron chi connectivity index (χ4n) is 7.16. The number of aryl methyl sites for hydroxylation is 1. The summed E-state index contributed by atoms with van der Waals surface area (Å²) in [5.74, 6) is 0.215. The number of anilines is 2. The van der Waals surface area contributed by atoms with Crippen molar-refractivity contribution in [3.05, 3.63) is 71.4 Å². The lowest BCUT2D eigenvalue weighted by atomic mass is 9.95. The van der Waals surface area contributed by atoms with Gasteiger partial charge in [0, 0.05) is 49.4 Å². The van der Waals surface area contributed by atoms with E-state index >= 15 is 0 Å². The van der Waals surface area contributed by atoms with Gasteiger partial charge in [-0.3, -0.25) is 4.79 Å². The molecule has 9 heteroatoms. The Morgan fingerprint density at radius 1 is 1.11 bits per heavy atom. The molecule has 0 aliphatic carbocycles. The minimum absolute atomic E-state index is 0.0481. The van der Waals surface area contributed by atoms with E-state index in [2.05, 4.69) is 83.8 Å². The molecular formula is C35H39N7O2. The van der Waals surface area contributed by atoms with Gasteiger partial charge >= 0.3 is 0 Å². The van der Waals surface area contributed by atoms with E-state index in [1.807, 2.05) is 0 Å². The third-order valence-electron chi connectivity index (χ3n) is 9.28. The summed E-state index contributed by atoms with van der Waals surface area (Å²) in [5, 5.41) is 22.6. The summed E-state index contributed by atoms with van der Waals surface area (Å²) in [4.78, 5) is 26.3. The molecule has 4 heterocycles. The van der Waals surface area contributed by atoms with E-state index < -0.39 is 0 Å². The molecule has 2 fully saturated rings. The highest BCUT2D eigenvalue weighted by molar-refractivity contribution is 5.97. The van der Waals surface area contributed by atoms with Crippen LogP contribution in [0.5, 0.6) is 5.88 Å². The number of benzene rings is 2. The Labute approximate surface area is 259 Å². The minimum atomic E-state index is -0.301. The van der Waals surface area contributed by atoms with Gasteiger partial charge < -0.3 is 24.3 Å². The van der Waals surface area contributed by atoms with E-state index in [1.165, 1.54) is 28.1 Å². The Bertz CT molecular complexity index is 1670. The highest BCUT2D eigenvalue weighted by atomic mass is 16.5. The Balaban J connectivity index is 1.42. The van der Waals surface area contributed by atoms with Gasteiger partial charge in [-0.2, -0.15) is 10.5 Å². The fourth-order valence-corrected chi connectivity index (χ4v) is 7.16. The number of carbonyl (C=O) groups is 1. The number of amides is 1. The SMILES string of the molecule is C=CC(=O)N1CCN(c2c(C#N)c(OC3CCCN(C)C3)nc3c2CCN(c2cccc4cccc(C)c24)C3)CC1CC#N. The van der Waals surface area contributed by atoms with Crippen LogP contribution in [0, 0.1) is 29.6 Å². The van der Waals surface area contributed by atoms with Crippen LogP contribution in [-0.4, -0.2) is 79.2 Å². The van der Waals surface area contributed by atoms with E-state index in [1.54, 1.807) is 4.90 Å². The number of ether oxygens (including phenoxy) is 1. The zero-order valence-electron chi connectivity index (χ0n) is 25.6. The lowest BCUT2D eigenvalue weighted by molar-refractivity contribution is -0.128. The third kappa shape index (κ3) is 5.56. The Morgan fingerprint density at radius 3 is 2.68 bits per heavy atom. The van der Waals surface area contributed by atoms with Crippen molar-refractivity contribution in [2.75, 3.05) is 56.1 Å².